The molecule has 0 radical (unpaired) electrons. The van der Waals surface area contributed by atoms with Crippen molar-refractivity contribution in [3.8, 4) is 0 Å². The third-order valence-electron chi connectivity index (χ3n) is 4.18. The molecule has 3 atom stereocenters. The zero-order valence-electron chi connectivity index (χ0n) is 10.7. The molecule has 18 heavy (non-hydrogen) atoms. The molecule has 100 valence electrons. The van der Waals surface area contributed by atoms with Gasteiger partial charge in [0.25, 0.3) is 0 Å². The first-order chi connectivity index (χ1) is 8.81. The SMILES string of the molecule is O=C1CCC(NC2=NC3CCCCC3CS2)CN1. The number of hydrogen-bond acceptors (Lipinski definition) is 4. The molecule has 5 heteroatoms. The lowest BCUT2D eigenvalue weighted by Gasteiger charge is -2.34. The number of hydrogen-bond donors (Lipinski definition) is 2. The zero-order valence-corrected chi connectivity index (χ0v) is 11.5. The van der Waals surface area contributed by atoms with Crippen molar-refractivity contribution in [2.45, 2.75) is 50.6 Å². The lowest BCUT2D eigenvalue weighted by Crippen LogP contribution is -2.48. The summed E-state index contributed by atoms with van der Waals surface area (Å²) in [5, 5.41) is 7.53. The number of carbonyl (C=O) groups is 1. The summed E-state index contributed by atoms with van der Waals surface area (Å²) in [4.78, 5) is 16.0. The highest BCUT2D eigenvalue weighted by Crippen LogP contribution is 2.33. The largest absolute Gasteiger partial charge is 0.360 e. The molecule has 0 aromatic carbocycles. The van der Waals surface area contributed by atoms with Gasteiger partial charge in [0.1, 0.15) is 0 Å². The number of nitrogens with one attached hydrogen (secondary N) is 2. The van der Waals surface area contributed by atoms with Gasteiger partial charge in [0.2, 0.25) is 5.91 Å². The molecule has 2 N–H and O–H groups in total. The van der Waals surface area contributed by atoms with E-state index >= 15 is 0 Å². The van der Waals surface area contributed by atoms with Crippen LogP contribution in [0.2, 0.25) is 0 Å². The van der Waals surface area contributed by atoms with E-state index in [1.54, 1.807) is 0 Å². The zero-order chi connectivity index (χ0) is 12.4. The first-order valence-electron chi connectivity index (χ1n) is 7.05. The van der Waals surface area contributed by atoms with E-state index in [2.05, 4.69) is 10.6 Å². The van der Waals surface area contributed by atoms with Gasteiger partial charge in [-0.1, -0.05) is 24.6 Å². The molecule has 2 heterocycles. The molecule has 1 saturated heterocycles. The minimum Gasteiger partial charge on any atom is -0.360 e. The van der Waals surface area contributed by atoms with Crippen molar-refractivity contribution in [3.05, 3.63) is 0 Å². The maximum Gasteiger partial charge on any atom is 0.220 e. The van der Waals surface area contributed by atoms with Crippen LogP contribution in [0.4, 0.5) is 0 Å². The number of amides is 1. The van der Waals surface area contributed by atoms with Crippen LogP contribution in [0.15, 0.2) is 4.99 Å². The number of fused-ring (bicyclic) bond motifs is 1. The first kappa shape index (κ1) is 12.3. The third kappa shape index (κ3) is 2.82. The maximum absolute atomic E-state index is 11.1. The van der Waals surface area contributed by atoms with Crippen molar-refractivity contribution < 1.29 is 4.79 Å². The Morgan fingerprint density at radius 2 is 2.17 bits per heavy atom. The van der Waals surface area contributed by atoms with E-state index in [1.807, 2.05) is 11.8 Å². The van der Waals surface area contributed by atoms with Crippen LogP contribution in [0.5, 0.6) is 0 Å². The molecular formula is C13H21N3OS. The van der Waals surface area contributed by atoms with Gasteiger partial charge in [-0.3, -0.25) is 9.79 Å². The fourth-order valence-electron chi connectivity index (χ4n) is 3.04. The van der Waals surface area contributed by atoms with Gasteiger partial charge < -0.3 is 10.6 Å². The highest BCUT2D eigenvalue weighted by molar-refractivity contribution is 8.13. The lowest BCUT2D eigenvalue weighted by molar-refractivity contribution is -0.122. The van der Waals surface area contributed by atoms with Crippen LogP contribution in [0.1, 0.15) is 38.5 Å². The Kier molecular flexibility index (Phi) is 3.77. The third-order valence-corrected chi connectivity index (χ3v) is 5.27. The molecule has 1 amide bonds. The number of carbonyl (C=O) groups excluding carboxylic acids is 1. The number of aliphatic imine (C=N–C) groups is 1. The van der Waals surface area contributed by atoms with Gasteiger partial charge >= 0.3 is 0 Å². The van der Waals surface area contributed by atoms with Gasteiger partial charge in [0.05, 0.1) is 6.04 Å². The van der Waals surface area contributed by atoms with Gasteiger partial charge in [-0.05, 0) is 25.2 Å². The normalized spacial score (nSPS) is 36.3. The molecule has 0 spiro atoms. The van der Waals surface area contributed by atoms with E-state index in [0.29, 0.717) is 18.5 Å². The Morgan fingerprint density at radius 3 is 3.00 bits per heavy atom. The Morgan fingerprint density at radius 1 is 1.28 bits per heavy atom. The summed E-state index contributed by atoms with van der Waals surface area (Å²) in [5.74, 6) is 2.20. The molecule has 0 bridgehead atoms. The summed E-state index contributed by atoms with van der Waals surface area (Å²) >= 11 is 1.87. The molecule has 2 aliphatic heterocycles. The van der Waals surface area contributed by atoms with E-state index in [4.69, 9.17) is 4.99 Å². The highest BCUT2D eigenvalue weighted by Gasteiger charge is 2.30. The minimum atomic E-state index is 0.179. The van der Waals surface area contributed by atoms with E-state index in [-0.39, 0.29) is 5.91 Å². The average molecular weight is 267 g/mol. The van der Waals surface area contributed by atoms with Crippen LogP contribution >= 0.6 is 11.8 Å². The molecule has 3 unspecified atom stereocenters. The van der Waals surface area contributed by atoms with Crippen molar-refractivity contribution in [2.24, 2.45) is 10.9 Å². The Balaban J connectivity index is 1.56. The molecule has 3 aliphatic rings. The summed E-state index contributed by atoms with van der Waals surface area (Å²) < 4.78 is 0. The minimum absolute atomic E-state index is 0.179. The summed E-state index contributed by atoms with van der Waals surface area (Å²) in [5.41, 5.74) is 0. The fraction of sp³-hybridized carbons (Fsp3) is 0.846. The maximum atomic E-state index is 11.1. The molecule has 0 aromatic heterocycles. The van der Waals surface area contributed by atoms with Gasteiger partial charge in [0, 0.05) is 24.8 Å². The second-order valence-electron chi connectivity index (χ2n) is 5.54. The van der Waals surface area contributed by atoms with Gasteiger partial charge in [-0.25, -0.2) is 0 Å². The molecule has 3 rings (SSSR count). The van der Waals surface area contributed by atoms with Crippen LogP contribution < -0.4 is 10.6 Å². The molecule has 2 fully saturated rings. The molecular weight excluding hydrogens is 246 g/mol. The average Bonchev–Trinajstić information content (AvgIpc) is 2.41. The van der Waals surface area contributed by atoms with Crippen LogP contribution in [-0.2, 0) is 4.79 Å². The molecule has 4 nitrogen and oxygen atoms in total. The molecule has 0 aromatic rings. The second kappa shape index (κ2) is 5.51. The highest BCUT2D eigenvalue weighted by atomic mass is 32.2. The van der Waals surface area contributed by atoms with E-state index in [0.717, 1.165) is 24.1 Å². The van der Waals surface area contributed by atoms with Crippen molar-refractivity contribution >= 4 is 22.8 Å². The predicted octanol–water partition coefficient (Wildman–Crippen LogP) is 1.52. The smallest absolute Gasteiger partial charge is 0.220 e. The van der Waals surface area contributed by atoms with Gasteiger partial charge in [0.15, 0.2) is 5.17 Å². The summed E-state index contributed by atoms with van der Waals surface area (Å²) in [7, 11) is 0. The second-order valence-corrected chi connectivity index (χ2v) is 6.55. The first-order valence-corrected chi connectivity index (χ1v) is 8.03. The van der Waals surface area contributed by atoms with Crippen molar-refractivity contribution in [1.82, 2.24) is 10.6 Å². The van der Waals surface area contributed by atoms with Crippen LogP contribution in [-0.4, -0.2) is 35.5 Å². The summed E-state index contributed by atoms with van der Waals surface area (Å²) in [6, 6.07) is 0.926. The quantitative estimate of drug-likeness (QED) is 0.757. The Bertz CT molecular complexity index is 348. The van der Waals surface area contributed by atoms with E-state index < -0.39 is 0 Å². The van der Waals surface area contributed by atoms with Crippen molar-refractivity contribution in [3.63, 3.8) is 0 Å². The van der Waals surface area contributed by atoms with Crippen LogP contribution in [0.3, 0.4) is 0 Å². The number of amidine groups is 1. The summed E-state index contributed by atoms with van der Waals surface area (Å²) in [6.45, 7) is 0.743. The van der Waals surface area contributed by atoms with Gasteiger partial charge in [-0.15, -0.1) is 0 Å². The summed E-state index contributed by atoms with van der Waals surface area (Å²) in [6.07, 6.45) is 6.91. The number of piperidine rings is 1. The van der Waals surface area contributed by atoms with Crippen molar-refractivity contribution in [1.29, 1.82) is 0 Å². The topological polar surface area (TPSA) is 53.5 Å². The predicted molar refractivity (Wildman–Crippen MR) is 74.8 cm³/mol. The number of nitrogens with zero attached hydrogens (tertiary/aromatic N) is 1. The van der Waals surface area contributed by atoms with Crippen LogP contribution in [0, 0.1) is 5.92 Å². The Labute approximate surface area is 112 Å². The molecule has 1 saturated carbocycles. The monoisotopic (exact) mass is 267 g/mol. The number of rotatable bonds is 1. The van der Waals surface area contributed by atoms with E-state index in [9.17, 15) is 4.79 Å². The standard InChI is InChI=1S/C13H21N3OS/c17-12-6-5-10(7-14-12)15-13-16-11-4-2-1-3-9(11)8-18-13/h9-11H,1-8H2,(H,14,17)(H,15,16). The fourth-order valence-corrected chi connectivity index (χ4v) is 4.26. The Hall–Kier alpha value is -0.710. The van der Waals surface area contributed by atoms with Crippen LogP contribution in [0.25, 0.3) is 0 Å². The van der Waals surface area contributed by atoms with E-state index in [1.165, 1.54) is 31.4 Å². The lowest BCUT2D eigenvalue weighted by atomic mass is 9.86. The molecule has 1 aliphatic carbocycles. The van der Waals surface area contributed by atoms with Crippen molar-refractivity contribution in [2.75, 3.05) is 12.3 Å². The number of thioether (sulfide) groups is 1. The van der Waals surface area contributed by atoms with Gasteiger partial charge in [-0.2, -0.15) is 0 Å².